The third kappa shape index (κ3) is 4.63. The van der Waals surface area contributed by atoms with Gasteiger partial charge in [-0.15, -0.1) is 0 Å². The fourth-order valence-corrected chi connectivity index (χ4v) is 4.37. The lowest BCUT2D eigenvalue weighted by Crippen LogP contribution is -2.48. The summed E-state index contributed by atoms with van der Waals surface area (Å²) in [5.41, 5.74) is 5.25. The Balaban J connectivity index is 1.47. The molecule has 5 nitrogen and oxygen atoms in total. The molecule has 1 amide bonds. The van der Waals surface area contributed by atoms with Gasteiger partial charge in [-0.3, -0.25) is 9.78 Å². The van der Waals surface area contributed by atoms with Gasteiger partial charge in [-0.05, 0) is 69.5 Å². The van der Waals surface area contributed by atoms with Crippen molar-refractivity contribution in [3.8, 4) is 0 Å². The Bertz CT molecular complexity index is 1080. The Morgan fingerprint density at radius 2 is 2.03 bits per heavy atom. The lowest BCUT2D eigenvalue weighted by molar-refractivity contribution is 0.0932. The predicted molar refractivity (Wildman–Crippen MR) is 121 cm³/mol. The van der Waals surface area contributed by atoms with E-state index in [1.54, 1.807) is 12.3 Å². The zero-order valence-corrected chi connectivity index (χ0v) is 18.4. The van der Waals surface area contributed by atoms with Gasteiger partial charge in [0, 0.05) is 36.7 Å². The number of rotatable bonds is 5. The summed E-state index contributed by atoms with van der Waals surface area (Å²) in [6.45, 7) is 7.99. The molecule has 4 rings (SSSR count). The van der Waals surface area contributed by atoms with Gasteiger partial charge in [0.05, 0.1) is 23.5 Å². The number of aryl methyl sites for hydroxylation is 2. The van der Waals surface area contributed by atoms with Gasteiger partial charge in [0.1, 0.15) is 5.82 Å². The van der Waals surface area contributed by atoms with Crippen LogP contribution in [0.4, 0.5) is 10.1 Å². The van der Waals surface area contributed by atoms with Crippen molar-refractivity contribution >= 4 is 11.6 Å². The number of hydrogen-bond acceptors (Lipinski definition) is 3. The van der Waals surface area contributed by atoms with E-state index in [1.807, 2.05) is 56.0 Å². The summed E-state index contributed by atoms with van der Waals surface area (Å²) in [7, 11) is 0. The zero-order valence-electron chi connectivity index (χ0n) is 18.4. The molecule has 2 aromatic heterocycles. The molecule has 0 saturated carbocycles. The standard InChI is InChI=1S/C25H29FN4O/c1-17-9-10-23(26)24(13-17)29-12-6-8-21(15-29)28-25(31)22-14-18(2)30(19(22)3)16-20-7-4-5-11-27-20/h4-5,7,9-11,13-14,21H,6,8,12,15-16H2,1-3H3,(H,28,31). The largest absolute Gasteiger partial charge is 0.367 e. The molecule has 1 aliphatic heterocycles. The van der Waals surface area contributed by atoms with Crippen molar-refractivity contribution in [1.82, 2.24) is 14.9 Å². The third-order valence-corrected chi connectivity index (χ3v) is 6.06. The molecular formula is C25H29FN4O. The molecule has 1 unspecified atom stereocenters. The van der Waals surface area contributed by atoms with Crippen molar-refractivity contribution in [1.29, 1.82) is 0 Å². The average molecular weight is 421 g/mol. The zero-order chi connectivity index (χ0) is 22.0. The molecule has 162 valence electrons. The van der Waals surface area contributed by atoms with Gasteiger partial charge < -0.3 is 14.8 Å². The summed E-state index contributed by atoms with van der Waals surface area (Å²) < 4.78 is 16.5. The van der Waals surface area contributed by atoms with Crippen LogP contribution in [-0.2, 0) is 6.54 Å². The van der Waals surface area contributed by atoms with Crippen LogP contribution in [0, 0.1) is 26.6 Å². The van der Waals surface area contributed by atoms with Crippen molar-refractivity contribution in [2.45, 2.75) is 46.2 Å². The Kier molecular flexibility index (Phi) is 6.07. The smallest absolute Gasteiger partial charge is 0.253 e. The van der Waals surface area contributed by atoms with Gasteiger partial charge in [-0.1, -0.05) is 12.1 Å². The van der Waals surface area contributed by atoms with E-state index >= 15 is 0 Å². The first-order valence-corrected chi connectivity index (χ1v) is 10.8. The van der Waals surface area contributed by atoms with Gasteiger partial charge in [-0.25, -0.2) is 4.39 Å². The number of amides is 1. The molecule has 0 bridgehead atoms. The molecule has 0 spiro atoms. The molecule has 6 heteroatoms. The highest BCUT2D eigenvalue weighted by molar-refractivity contribution is 5.96. The van der Waals surface area contributed by atoms with Crippen LogP contribution < -0.4 is 10.2 Å². The van der Waals surface area contributed by atoms with E-state index in [0.29, 0.717) is 24.3 Å². The second-order valence-electron chi connectivity index (χ2n) is 8.41. The maximum Gasteiger partial charge on any atom is 0.253 e. The molecule has 1 aromatic carbocycles. The molecule has 1 fully saturated rings. The van der Waals surface area contributed by atoms with E-state index in [4.69, 9.17) is 0 Å². The number of piperidine rings is 1. The Morgan fingerprint density at radius 3 is 2.81 bits per heavy atom. The number of pyridine rings is 1. The SMILES string of the molecule is Cc1ccc(F)c(N2CCCC(NC(=O)c3cc(C)n(Cc4ccccn4)c3C)C2)c1. The monoisotopic (exact) mass is 420 g/mol. The van der Waals surface area contributed by atoms with Crippen LogP contribution in [-0.4, -0.2) is 34.6 Å². The van der Waals surface area contributed by atoms with E-state index in [-0.39, 0.29) is 17.8 Å². The molecule has 1 N–H and O–H groups in total. The molecular weight excluding hydrogens is 391 g/mol. The lowest BCUT2D eigenvalue weighted by Gasteiger charge is -2.35. The van der Waals surface area contributed by atoms with E-state index in [9.17, 15) is 9.18 Å². The van der Waals surface area contributed by atoms with Crippen LogP contribution >= 0.6 is 0 Å². The minimum atomic E-state index is -0.212. The number of nitrogens with one attached hydrogen (secondary N) is 1. The van der Waals surface area contributed by atoms with Crippen LogP contribution in [0.15, 0.2) is 48.7 Å². The van der Waals surface area contributed by atoms with Gasteiger partial charge in [0.25, 0.3) is 5.91 Å². The van der Waals surface area contributed by atoms with E-state index in [0.717, 1.165) is 42.0 Å². The Labute approximate surface area is 182 Å². The summed E-state index contributed by atoms with van der Waals surface area (Å²) >= 11 is 0. The molecule has 3 heterocycles. The second-order valence-corrected chi connectivity index (χ2v) is 8.41. The number of benzene rings is 1. The van der Waals surface area contributed by atoms with Crippen molar-refractivity contribution in [3.05, 3.63) is 82.7 Å². The highest BCUT2D eigenvalue weighted by Crippen LogP contribution is 2.25. The molecule has 31 heavy (non-hydrogen) atoms. The Hall–Kier alpha value is -3.15. The number of halogens is 1. The number of nitrogens with zero attached hydrogens (tertiary/aromatic N) is 3. The number of carbonyl (C=O) groups excluding carboxylic acids is 1. The number of carbonyl (C=O) groups is 1. The van der Waals surface area contributed by atoms with Gasteiger partial charge in [0.15, 0.2) is 0 Å². The van der Waals surface area contributed by atoms with Crippen LogP contribution in [0.2, 0.25) is 0 Å². The fourth-order valence-electron chi connectivity index (χ4n) is 4.37. The first-order valence-electron chi connectivity index (χ1n) is 10.8. The first-order chi connectivity index (χ1) is 14.9. The second kappa shape index (κ2) is 8.92. The van der Waals surface area contributed by atoms with Crippen LogP contribution in [0.25, 0.3) is 0 Å². The molecule has 3 aromatic rings. The number of anilines is 1. The van der Waals surface area contributed by atoms with Crippen molar-refractivity contribution < 1.29 is 9.18 Å². The lowest BCUT2D eigenvalue weighted by atomic mass is 10.0. The minimum absolute atomic E-state index is 0.0139. The average Bonchev–Trinajstić information content (AvgIpc) is 3.05. The quantitative estimate of drug-likeness (QED) is 0.666. The van der Waals surface area contributed by atoms with E-state index < -0.39 is 0 Å². The van der Waals surface area contributed by atoms with E-state index in [2.05, 4.69) is 14.9 Å². The fraction of sp³-hybridized carbons (Fsp3) is 0.360. The van der Waals surface area contributed by atoms with Gasteiger partial charge in [-0.2, -0.15) is 0 Å². The number of aromatic nitrogens is 2. The molecule has 1 saturated heterocycles. The molecule has 0 radical (unpaired) electrons. The normalized spacial score (nSPS) is 16.4. The van der Waals surface area contributed by atoms with Crippen LogP contribution in [0.5, 0.6) is 0 Å². The first kappa shape index (κ1) is 21.1. The molecule has 1 aliphatic rings. The van der Waals surface area contributed by atoms with Crippen LogP contribution in [0.3, 0.4) is 0 Å². The molecule has 1 atom stereocenters. The highest BCUT2D eigenvalue weighted by Gasteiger charge is 2.25. The third-order valence-electron chi connectivity index (χ3n) is 6.06. The summed E-state index contributed by atoms with van der Waals surface area (Å²) in [5.74, 6) is -0.285. The summed E-state index contributed by atoms with van der Waals surface area (Å²) in [6, 6.07) is 13.0. The summed E-state index contributed by atoms with van der Waals surface area (Å²) in [6.07, 6.45) is 3.59. The summed E-state index contributed by atoms with van der Waals surface area (Å²) in [4.78, 5) is 19.5. The number of hydrogen-bond donors (Lipinski definition) is 1. The van der Waals surface area contributed by atoms with Crippen molar-refractivity contribution in [3.63, 3.8) is 0 Å². The predicted octanol–water partition coefficient (Wildman–Crippen LogP) is 4.39. The van der Waals surface area contributed by atoms with Crippen molar-refractivity contribution in [2.24, 2.45) is 0 Å². The maximum absolute atomic E-state index is 14.4. The van der Waals surface area contributed by atoms with Crippen LogP contribution in [0.1, 0.15) is 45.8 Å². The topological polar surface area (TPSA) is 50.2 Å². The van der Waals surface area contributed by atoms with Gasteiger partial charge >= 0.3 is 0 Å². The Morgan fingerprint density at radius 1 is 1.19 bits per heavy atom. The van der Waals surface area contributed by atoms with E-state index in [1.165, 1.54) is 6.07 Å². The molecule has 0 aliphatic carbocycles. The highest BCUT2D eigenvalue weighted by atomic mass is 19.1. The maximum atomic E-state index is 14.4. The van der Waals surface area contributed by atoms with Gasteiger partial charge in [0.2, 0.25) is 0 Å². The minimum Gasteiger partial charge on any atom is -0.367 e. The van der Waals surface area contributed by atoms with Crippen molar-refractivity contribution in [2.75, 3.05) is 18.0 Å². The summed E-state index contributed by atoms with van der Waals surface area (Å²) in [5, 5.41) is 3.18.